The summed E-state index contributed by atoms with van der Waals surface area (Å²) in [5.74, 6) is -0.910. The molecule has 76 valence electrons. The quantitative estimate of drug-likeness (QED) is 0.797. The van der Waals surface area contributed by atoms with Crippen LogP contribution in [-0.4, -0.2) is 19.0 Å². The molecule has 0 radical (unpaired) electrons. The lowest BCUT2D eigenvalue weighted by Gasteiger charge is -2.04. The molecule has 0 aliphatic carbocycles. The minimum Gasteiger partial charge on any atom is -0.351 e. The number of hydrogen-bond acceptors (Lipinski definition) is 2. The van der Waals surface area contributed by atoms with Gasteiger partial charge in [0.15, 0.2) is 0 Å². The number of nitrogens with one attached hydrogen (secondary N) is 1. The molecule has 0 aliphatic heterocycles. The minimum absolute atomic E-state index is 0.125. The molecule has 3 nitrogen and oxygen atoms in total. The molecule has 0 heterocycles. The highest BCUT2D eigenvalue weighted by molar-refractivity contribution is 6.33. The maximum Gasteiger partial charge on any atom is 0.252 e. The summed E-state index contributed by atoms with van der Waals surface area (Å²) in [4.78, 5) is 11.4. The number of carbonyl (C=O) groups excluding carboxylic acids is 1. The molecule has 1 amide bonds. The van der Waals surface area contributed by atoms with Gasteiger partial charge in [-0.3, -0.25) is 4.79 Å². The second-order valence-corrected chi connectivity index (χ2v) is 3.08. The molecule has 0 bridgehead atoms. The predicted molar refractivity (Wildman–Crippen MR) is 52.8 cm³/mol. The van der Waals surface area contributed by atoms with Crippen molar-refractivity contribution in [3.05, 3.63) is 34.6 Å². The van der Waals surface area contributed by atoms with Crippen molar-refractivity contribution in [3.8, 4) is 0 Å². The fourth-order valence-electron chi connectivity index (χ4n) is 0.952. The van der Waals surface area contributed by atoms with E-state index in [0.717, 1.165) is 6.07 Å². The molecule has 3 N–H and O–H groups in total. The van der Waals surface area contributed by atoms with Gasteiger partial charge in [0.1, 0.15) is 5.82 Å². The molecule has 1 aromatic carbocycles. The van der Waals surface area contributed by atoms with E-state index in [1.165, 1.54) is 12.1 Å². The van der Waals surface area contributed by atoms with Gasteiger partial charge in [0, 0.05) is 13.1 Å². The second-order valence-electron chi connectivity index (χ2n) is 2.67. The zero-order valence-corrected chi connectivity index (χ0v) is 8.14. The Balaban J connectivity index is 2.83. The molecular weight excluding hydrogens is 207 g/mol. The first-order valence-electron chi connectivity index (χ1n) is 4.08. The van der Waals surface area contributed by atoms with Crippen LogP contribution in [0.3, 0.4) is 0 Å². The standard InChI is InChI=1S/C9H10ClFN2O/c10-8-2-1-6(11)5-7(8)9(14)13-4-3-12/h1-2,5H,3-4,12H2,(H,13,14). The third-order valence-corrected chi connectivity index (χ3v) is 1.93. The molecule has 5 heteroatoms. The number of hydrogen-bond donors (Lipinski definition) is 2. The number of benzene rings is 1. The van der Waals surface area contributed by atoms with Crippen molar-refractivity contribution in [1.29, 1.82) is 0 Å². The molecule has 0 aliphatic rings. The molecule has 1 rings (SSSR count). The normalized spacial score (nSPS) is 9.93. The average Bonchev–Trinajstić information content (AvgIpc) is 2.18. The van der Waals surface area contributed by atoms with Crippen molar-refractivity contribution in [2.45, 2.75) is 0 Å². The molecule has 0 aromatic heterocycles. The number of rotatable bonds is 3. The van der Waals surface area contributed by atoms with Crippen LogP contribution >= 0.6 is 11.6 Å². The lowest BCUT2D eigenvalue weighted by molar-refractivity contribution is 0.0954. The van der Waals surface area contributed by atoms with E-state index < -0.39 is 11.7 Å². The van der Waals surface area contributed by atoms with Crippen LogP contribution in [0.15, 0.2) is 18.2 Å². The average molecular weight is 217 g/mol. The molecule has 0 fully saturated rings. The maximum absolute atomic E-state index is 12.8. The summed E-state index contributed by atoms with van der Waals surface area (Å²) < 4.78 is 12.8. The maximum atomic E-state index is 12.8. The van der Waals surface area contributed by atoms with Crippen LogP contribution < -0.4 is 11.1 Å². The lowest BCUT2D eigenvalue weighted by atomic mass is 10.2. The van der Waals surface area contributed by atoms with Gasteiger partial charge in [-0.15, -0.1) is 0 Å². The van der Waals surface area contributed by atoms with Crippen LogP contribution in [0.4, 0.5) is 4.39 Å². The molecule has 0 saturated carbocycles. The summed E-state index contributed by atoms with van der Waals surface area (Å²) in [6.45, 7) is 0.671. The molecule has 0 saturated heterocycles. The summed E-state index contributed by atoms with van der Waals surface area (Å²) in [6, 6.07) is 3.63. The molecular formula is C9H10ClFN2O. The van der Waals surface area contributed by atoms with Gasteiger partial charge in [-0.25, -0.2) is 4.39 Å². The van der Waals surface area contributed by atoms with Crippen LogP contribution in [0.5, 0.6) is 0 Å². The fourth-order valence-corrected chi connectivity index (χ4v) is 1.16. The largest absolute Gasteiger partial charge is 0.351 e. The van der Waals surface area contributed by atoms with E-state index in [9.17, 15) is 9.18 Å². The van der Waals surface area contributed by atoms with Crippen LogP contribution in [0.25, 0.3) is 0 Å². The summed E-state index contributed by atoms with van der Waals surface area (Å²) in [7, 11) is 0. The van der Waals surface area contributed by atoms with Crippen molar-refractivity contribution in [2.75, 3.05) is 13.1 Å². The van der Waals surface area contributed by atoms with E-state index in [1.54, 1.807) is 0 Å². The Hall–Kier alpha value is -1.13. The smallest absolute Gasteiger partial charge is 0.252 e. The summed E-state index contributed by atoms with van der Waals surface area (Å²) >= 11 is 5.71. The van der Waals surface area contributed by atoms with Crippen molar-refractivity contribution >= 4 is 17.5 Å². The Morgan fingerprint density at radius 2 is 2.29 bits per heavy atom. The Morgan fingerprint density at radius 3 is 2.93 bits per heavy atom. The monoisotopic (exact) mass is 216 g/mol. The zero-order valence-electron chi connectivity index (χ0n) is 7.39. The number of amides is 1. The third-order valence-electron chi connectivity index (χ3n) is 1.60. The van der Waals surface area contributed by atoms with Gasteiger partial charge in [-0.1, -0.05) is 11.6 Å². The van der Waals surface area contributed by atoms with Crippen LogP contribution in [0.2, 0.25) is 5.02 Å². The third kappa shape index (κ3) is 2.68. The van der Waals surface area contributed by atoms with Crippen LogP contribution in [0.1, 0.15) is 10.4 Å². The molecule has 0 spiro atoms. The highest BCUT2D eigenvalue weighted by Gasteiger charge is 2.10. The second kappa shape index (κ2) is 4.93. The number of halogens is 2. The zero-order chi connectivity index (χ0) is 10.6. The van der Waals surface area contributed by atoms with Gasteiger partial charge in [0.05, 0.1) is 10.6 Å². The molecule has 0 atom stereocenters. The summed E-state index contributed by atoms with van der Waals surface area (Å²) in [5, 5.41) is 2.72. The van der Waals surface area contributed by atoms with Gasteiger partial charge in [-0.2, -0.15) is 0 Å². The Morgan fingerprint density at radius 1 is 1.57 bits per heavy atom. The highest BCUT2D eigenvalue weighted by atomic mass is 35.5. The lowest BCUT2D eigenvalue weighted by Crippen LogP contribution is -2.29. The van der Waals surface area contributed by atoms with E-state index in [-0.39, 0.29) is 10.6 Å². The molecule has 14 heavy (non-hydrogen) atoms. The first kappa shape index (κ1) is 10.9. The van der Waals surface area contributed by atoms with Crippen molar-refractivity contribution in [1.82, 2.24) is 5.32 Å². The van der Waals surface area contributed by atoms with Gasteiger partial charge < -0.3 is 11.1 Å². The predicted octanol–water partition coefficient (Wildman–Crippen LogP) is 1.17. The first-order valence-corrected chi connectivity index (χ1v) is 4.46. The first-order chi connectivity index (χ1) is 6.65. The number of nitrogens with two attached hydrogens (primary N) is 1. The van der Waals surface area contributed by atoms with Gasteiger partial charge >= 0.3 is 0 Å². The van der Waals surface area contributed by atoms with E-state index >= 15 is 0 Å². The fraction of sp³-hybridized carbons (Fsp3) is 0.222. The van der Waals surface area contributed by atoms with E-state index in [4.69, 9.17) is 17.3 Å². The van der Waals surface area contributed by atoms with E-state index in [2.05, 4.69) is 5.32 Å². The topological polar surface area (TPSA) is 55.1 Å². The van der Waals surface area contributed by atoms with Crippen LogP contribution in [-0.2, 0) is 0 Å². The Labute approximate surface area is 86.0 Å². The van der Waals surface area contributed by atoms with Crippen LogP contribution in [0, 0.1) is 5.82 Å². The van der Waals surface area contributed by atoms with Gasteiger partial charge in [0.2, 0.25) is 0 Å². The molecule has 0 unspecified atom stereocenters. The van der Waals surface area contributed by atoms with Gasteiger partial charge in [-0.05, 0) is 18.2 Å². The van der Waals surface area contributed by atoms with Crippen molar-refractivity contribution in [2.24, 2.45) is 5.73 Å². The molecule has 1 aromatic rings. The van der Waals surface area contributed by atoms with E-state index in [1.807, 2.05) is 0 Å². The van der Waals surface area contributed by atoms with Crippen molar-refractivity contribution in [3.63, 3.8) is 0 Å². The van der Waals surface area contributed by atoms with Gasteiger partial charge in [0.25, 0.3) is 5.91 Å². The summed E-state index contributed by atoms with van der Waals surface area (Å²) in [5.41, 5.74) is 5.33. The minimum atomic E-state index is -0.493. The Kier molecular flexibility index (Phi) is 3.85. The highest BCUT2D eigenvalue weighted by Crippen LogP contribution is 2.16. The van der Waals surface area contributed by atoms with Crippen molar-refractivity contribution < 1.29 is 9.18 Å². The number of carbonyl (C=O) groups is 1. The summed E-state index contributed by atoms with van der Waals surface area (Å²) in [6.07, 6.45) is 0. The Bertz CT molecular complexity index is 344. The van der Waals surface area contributed by atoms with E-state index in [0.29, 0.717) is 13.1 Å². The SMILES string of the molecule is NCCNC(=O)c1cc(F)ccc1Cl.